The average molecular weight is 168 g/mol. The minimum absolute atomic E-state index is 0.167. The van der Waals surface area contributed by atoms with Crippen LogP contribution in [0.1, 0.15) is 19.3 Å². The van der Waals surface area contributed by atoms with Crippen LogP contribution in [-0.4, -0.2) is 29.9 Å². The first-order valence-electron chi connectivity index (χ1n) is 4.34. The number of hydrogen-bond donors (Lipinski definition) is 1. The van der Waals surface area contributed by atoms with Crippen molar-refractivity contribution in [2.45, 2.75) is 19.3 Å². The molecule has 2 fully saturated rings. The predicted octanol–water partition coefficient (Wildman–Crippen LogP) is 0.338. The molecule has 12 heavy (non-hydrogen) atoms. The summed E-state index contributed by atoms with van der Waals surface area (Å²) < 4.78 is 0. The van der Waals surface area contributed by atoms with Gasteiger partial charge in [-0.15, -0.1) is 0 Å². The zero-order chi connectivity index (χ0) is 8.55. The number of urea groups is 1. The van der Waals surface area contributed by atoms with Gasteiger partial charge < -0.3 is 4.90 Å². The van der Waals surface area contributed by atoms with E-state index in [-0.39, 0.29) is 18.5 Å². The van der Waals surface area contributed by atoms with Gasteiger partial charge in [0, 0.05) is 6.54 Å². The fraction of sp³-hybridized carbons (Fsp3) is 0.750. The fourth-order valence-corrected chi connectivity index (χ4v) is 1.62. The van der Waals surface area contributed by atoms with Gasteiger partial charge in [-0.1, -0.05) is 6.42 Å². The summed E-state index contributed by atoms with van der Waals surface area (Å²) in [6.07, 6.45) is 3.68. The molecule has 1 aliphatic carbocycles. The van der Waals surface area contributed by atoms with Crippen LogP contribution in [0.4, 0.5) is 4.79 Å². The Labute approximate surface area is 70.9 Å². The molecule has 1 saturated heterocycles. The van der Waals surface area contributed by atoms with Crippen LogP contribution < -0.4 is 5.32 Å². The van der Waals surface area contributed by atoms with Crippen LogP contribution >= 0.6 is 0 Å². The number of amides is 3. The first-order chi connectivity index (χ1) is 5.75. The van der Waals surface area contributed by atoms with Crippen molar-refractivity contribution in [3.8, 4) is 0 Å². The lowest BCUT2D eigenvalue weighted by molar-refractivity contribution is -0.118. The number of nitrogens with one attached hydrogen (secondary N) is 1. The van der Waals surface area contributed by atoms with E-state index in [4.69, 9.17) is 0 Å². The monoisotopic (exact) mass is 168 g/mol. The lowest BCUT2D eigenvalue weighted by atomic mass is 9.85. The summed E-state index contributed by atoms with van der Waals surface area (Å²) in [5.74, 6) is 0.473. The Morgan fingerprint density at radius 3 is 2.58 bits per heavy atom. The molecule has 66 valence electrons. The van der Waals surface area contributed by atoms with Crippen molar-refractivity contribution in [1.82, 2.24) is 10.2 Å². The second kappa shape index (κ2) is 2.77. The van der Waals surface area contributed by atoms with Crippen molar-refractivity contribution in [2.24, 2.45) is 5.92 Å². The Morgan fingerprint density at radius 1 is 1.42 bits per heavy atom. The molecule has 1 aliphatic heterocycles. The Hall–Kier alpha value is -1.06. The summed E-state index contributed by atoms with van der Waals surface area (Å²) in [5.41, 5.74) is 0. The molecule has 1 saturated carbocycles. The molecule has 2 rings (SSSR count). The molecule has 0 atom stereocenters. The molecule has 0 aromatic heterocycles. The molecule has 0 aromatic carbocycles. The van der Waals surface area contributed by atoms with Crippen LogP contribution in [0.5, 0.6) is 0 Å². The minimum atomic E-state index is -0.216. The van der Waals surface area contributed by atoms with E-state index in [0.29, 0.717) is 5.92 Å². The Morgan fingerprint density at radius 2 is 2.17 bits per heavy atom. The maximum atomic E-state index is 11.1. The van der Waals surface area contributed by atoms with E-state index in [1.165, 1.54) is 19.3 Å². The summed E-state index contributed by atoms with van der Waals surface area (Å²) in [6.45, 7) is 1.02. The van der Waals surface area contributed by atoms with Crippen molar-refractivity contribution in [2.75, 3.05) is 13.1 Å². The van der Waals surface area contributed by atoms with Crippen molar-refractivity contribution in [3.05, 3.63) is 0 Å². The first-order valence-corrected chi connectivity index (χ1v) is 4.34. The molecule has 0 radical (unpaired) electrons. The first kappa shape index (κ1) is 7.58. The smallest absolute Gasteiger partial charge is 0.315 e. The van der Waals surface area contributed by atoms with E-state index >= 15 is 0 Å². The predicted molar refractivity (Wildman–Crippen MR) is 42.5 cm³/mol. The van der Waals surface area contributed by atoms with Crippen molar-refractivity contribution in [3.63, 3.8) is 0 Å². The number of rotatable bonds is 2. The van der Waals surface area contributed by atoms with Crippen LogP contribution in [0.2, 0.25) is 0 Å². The summed E-state index contributed by atoms with van der Waals surface area (Å²) in [6, 6.07) is -0.216. The second-order valence-electron chi connectivity index (χ2n) is 3.53. The van der Waals surface area contributed by atoms with E-state index in [0.717, 1.165) is 6.54 Å². The van der Waals surface area contributed by atoms with Gasteiger partial charge in [0.25, 0.3) is 0 Å². The number of nitrogens with zero attached hydrogens (tertiary/aromatic N) is 1. The second-order valence-corrected chi connectivity index (χ2v) is 3.53. The van der Waals surface area contributed by atoms with Crippen molar-refractivity contribution >= 4 is 11.9 Å². The van der Waals surface area contributed by atoms with Gasteiger partial charge in [0.1, 0.15) is 6.54 Å². The van der Waals surface area contributed by atoms with Gasteiger partial charge in [0.15, 0.2) is 0 Å². The third kappa shape index (κ3) is 1.29. The number of hydrogen-bond acceptors (Lipinski definition) is 2. The molecule has 0 spiro atoms. The fourth-order valence-electron chi connectivity index (χ4n) is 1.62. The summed E-state index contributed by atoms with van der Waals surface area (Å²) in [4.78, 5) is 23.4. The van der Waals surface area contributed by atoms with Gasteiger partial charge in [-0.2, -0.15) is 0 Å². The number of carbonyl (C=O) groups excluding carboxylic acids is 2. The Kier molecular flexibility index (Phi) is 1.75. The van der Waals surface area contributed by atoms with Crippen LogP contribution in [0.15, 0.2) is 0 Å². The molecule has 3 amide bonds. The van der Waals surface area contributed by atoms with Gasteiger partial charge in [-0.25, -0.2) is 4.79 Å². The lowest BCUT2D eigenvalue weighted by Crippen LogP contribution is -2.35. The molecule has 1 heterocycles. The van der Waals surface area contributed by atoms with E-state index in [2.05, 4.69) is 5.32 Å². The van der Waals surface area contributed by atoms with Gasteiger partial charge in [0.2, 0.25) is 5.91 Å². The van der Waals surface area contributed by atoms with Gasteiger partial charge in [-0.05, 0) is 18.8 Å². The highest BCUT2D eigenvalue weighted by molar-refractivity contribution is 6.01. The normalized spacial score (nSPS) is 24.2. The number of carbonyl (C=O) groups is 2. The SMILES string of the molecule is O=C1CN(CC2CCC2)C(=O)N1. The van der Waals surface area contributed by atoms with Crippen LogP contribution in [0, 0.1) is 5.92 Å². The Balaban J connectivity index is 1.86. The highest BCUT2D eigenvalue weighted by Crippen LogP contribution is 2.27. The largest absolute Gasteiger partial charge is 0.324 e. The van der Waals surface area contributed by atoms with Crippen LogP contribution in [-0.2, 0) is 4.79 Å². The molecule has 0 unspecified atom stereocenters. The van der Waals surface area contributed by atoms with Crippen LogP contribution in [0.25, 0.3) is 0 Å². The van der Waals surface area contributed by atoms with Crippen LogP contribution in [0.3, 0.4) is 0 Å². The summed E-state index contributed by atoms with van der Waals surface area (Å²) in [5, 5.41) is 2.27. The van der Waals surface area contributed by atoms with Gasteiger partial charge >= 0.3 is 6.03 Å². The average Bonchev–Trinajstić information content (AvgIpc) is 2.21. The number of imide groups is 1. The molecule has 2 aliphatic rings. The van der Waals surface area contributed by atoms with Gasteiger partial charge in [-0.3, -0.25) is 10.1 Å². The molecule has 4 heteroatoms. The molecular weight excluding hydrogens is 156 g/mol. The Bertz CT molecular complexity index is 223. The molecule has 4 nitrogen and oxygen atoms in total. The molecular formula is C8H12N2O2. The van der Waals surface area contributed by atoms with Gasteiger partial charge in [0.05, 0.1) is 0 Å². The zero-order valence-electron chi connectivity index (χ0n) is 6.88. The van der Waals surface area contributed by atoms with Crippen molar-refractivity contribution in [1.29, 1.82) is 0 Å². The zero-order valence-corrected chi connectivity index (χ0v) is 6.88. The maximum absolute atomic E-state index is 11.1. The summed E-state index contributed by atoms with van der Waals surface area (Å²) in [7, 11) is 0. The third-order valence-electron chi connectivity index (χ3n) is 2.57. The lowest BCUT2D eigenvalue weighted by Gasteiger charge is -2.28. The third-order valence-corrected chi connectivity index (χ3v) is 2.57. The molecule has 1 N–H and O–H groups in total. The standard InChI is InChI=1S/C8H12N2O2/c11-7-5-10(8(12)9-7)4-6-2-1-3-6/h6H,1-5H2,(H,9,11,12). The van der Waals surface area contributed by atoms with Crippen molar-refractivity contribution < 1.29 is 9.59 Å². The van der Waals surface area contributed by atoms with E-state index < -0.39 is 0 Å². The molecule has 0 bridgehead atoms. The molecule has 0 aromatic rings. The highest BCUT2D eigenvalue weighted by atomic mass is 16.2. The van der Waals surface area contributed by atoms with E-state index in [1.54, 1.807) is 4.90 Å². The topological polar surface area (TPSA) is 49.4 Å². The highest BCUT2D eigenvalue weighted by Gasteiger charge is 2.30. The quantitative estimate of drug-likeness (QED) is 0.604. The maximum Gasteiger partial charge on any atom is 0.324 e. The van der Waals surface area contributed by atoms with E-state index in [1.807, 2.05) is 0 Å². The minimum Gasteiger partial charge on any atom is -0.315 e. The summed E-state index contributed by atoms with van der Waals surface area (Å²) >= 11 is 0. The van der Waals surface area contributed by atoms with E-state index in [9.17, 15) is 9.59 Å².